The van der Waals surface area contributed by atoms with Crippen LogP contribution in [0.2, 0.25) is 0 Å². The summed E-state index contributed by atoms with van der Waals surface area (Å²) in [6, 6.07) is 4.49. The van der Waals surface area contributed by atoms with Crippen molar-refractivity contribution in [2.45, 2.75) is 51.5 Å². The van der Waals surface area contributed by atoms with E-state index in [1.807, 2.05) is 4.90 Å². The van der Waals surface area contributed by atoms with E-state index in [9.17, 15) is 15.3 Å². The third-order valence-corrected chi connectivity index (χ3v) is 5.42. The first-order valence-electron chi connectivity index (χ1n) is 9.12. The van der Waals surface area contributed by atoms with Gasteiger partial charge >= 0.3 is 0 Å². The lowest BCUT2D eigenvalue weighted by Gasteiger charge is -2.29. The van der Waals surface area contributed by atoms with Gasteiger partial charge in [0.25, 0.3) is 5.56 Å². The number of rotatable bonds is 1. The molecule has 4 rings (SSSR count). The molecule has 132 valence electrons. The van der Waals surface area contributed by atoms with Gasteiger partial charge in [0.15, 0.2) is 0 Å². The minimum Gasteiger partial charge on any atom is -0.349 e. The van der Waals surface area contributed by atoms with Gasteiger partial charge in [-0.15, -0.1) is 0 Å². The highest BCUT2D eigenvalue weighted by atomic mass is 16.1. The van der Waals surface area contributed by atoms with E-state index in [0.717, 1.165) is 54.6 Å². The number of nitrogens with zero attached hydrogens (tertiary/aromatic N) is 4. The predicted molar refractivity (Wildman–Crippen MR) is 95.7 cm³/mol. The molecule has 0 saturated carbocycles. The van der Waals surface area contributed by atoms with Gasteiger partial charge in [-0.3, -0.25) is 9.89 Å². The smallest absolute Gasteiger partial charge is 0.267 e. The number of hydrogen-bond acceptors (Lipinski definition) is 5. The van der Waals surface area contributed by atoms with Crippen molar-refractivity contribution in [3.05, 3.63) is 44.0 Å². The number of aryl methyl sites for hydroxylation is 1. The van der Waals surface area contributed by atoms with Gasteiger partial charge in [0.05, 0.1) is 17.8 Å². The molecule has 0 amide bonds. The third kappa shape index (κ3) is 2.66. The van der Waals surface area contributed by atoms with Crippen molar-refractivity contribution >= 4 is 5.82 Å². The van der Waals surface area contributed by atoms with Crippen molar-refractivity contribution in [1.29, 1.82) is 10.5 Å². The van der Waals surface area contributed by atoms with Crippen LogP contribution in [0.25, 0.3) is 0 Å². The van der Waals surface area contributed by atoms with E-state index in [4.69, 9.17) is 4.98 Å². The Hall–Kier alpha value is -3.06. The van der Waals surface area contributed by atoms with Crippen molar-refractivity contribution in [2.24, 2.45) is 0 Å². The summed E-state index contributed by atoms with van der Waals surface area (Å²) < 4.78 is 0. The van der Waals surface area contributed by atoms with Gasteiger partial charge in [-0.05, 0) is 37.7 Å². The van der Waals surface area contributed by atoms with Gasteiger partial charge in [0.2, 0.25) is 0 Å². The lowest BCUT2D eigenvalue weighted by Crippen LogP contribution is -2.33. The van der Waals surface area contributed by atoms with E-state index in [0.29, 0.717) is 36.5 Å². The molecule has 0 radical (unpaired) electrons. The van der Waals surface area contributed by atoms with Crippen LogP contribution in [0.3, 0.4) is 0 Å². The quantitative estimate of drug-likeness (QED) is 0.819. The van der Waals surface area contributed by atoms with Crippen LogP contribution in [0.5, 0.6) is 0 Å². The molecule has 0 fully saturated rings. The maximum atomic E-state index is 11.8. The van der Waals surface area contributed by atoms with E-state index >= 15 is 0 Å². The zero-order chi connectivity index (χ0) is 18.1. The van der Waals surface area contributed by atoms with Gasteiger partial charge in [-0.2, -0.15) is 10.5 Å². The number of anilines is 1. The Morgan fingerprint density at radius 3 is 2.46 bits per heavy atom. The Kier molecular flexibility index (Phi) is 4.22. The van der Waals surface area contributed by atoms with Crippen LogP contribution in [0, 0.1) is 22.7 Å². The second-order valence-corrected chi connectivity index (χ2v) is 6.96. The van der Waals surface area contributed by atoms with Gasteiger partial charge in [0, 0.05) is 17.8 Å². The molecule has 0 aromatic carbocycles. The van der Waals surface area contributed by atoms with Crippen LogP contribution in [-0.2, 0) is 25.8 Å². The Morgan fingerprint density at radius 1 is 0.923 bits per heavy atom. The lowest BCUT2D eigenvalue weighted by atomic mass is 9.91. The summed E-state index contributed by atoms with van der Waals surface area (Å²) in [5.41, 5.74) is 4.30. The first-order valence-corrected chi connectivity index (χ1v) is 9.12. The second kappa shape index (κ2) is 6.68. The van der Waals surface area contributed by atoms with Crippen LogP contribution >= 0.6 is 0 Å². The van der Waals surface area contributed by atoms with E-state index < -0.39 is 0 Å². The number of aromatic nitrogens is 3. The van der Waals surface area contributed by atoms with E-state index in [2.05, 4.69) is 22.3 Å². The molecule has 0 unspecified atom stereocenters. The summed E-state index contributed by atoms with van der Waals surface area (Å²) in [6.07, 6.45) is 6.69. The van der Waals surface area contributed by atoms with Gasteiger partial charge in [0.1, 0.15) is 23.5 Å². The maximum Gasteiger partial charge on any atom is 0.267 e. The van der Waals surface area contributed by atoms with Crippen molar-refractivity contribution in [1.82, 2.24) is 15.2 Å². The number of nitrogens with one attached hydrogen (secondary N) is 2. The van der Waals surface area contributed by atoms with Crippen molar-refractivity contribution in [3.8, 4) is 12.1 Å². The molecule has 0 bridgehead atoms. The Morgan fingerprint density at radius 2 is 1.69 bits per heavy atom. The molecule has 0 spiro atoms. The highest BCUT2D eigenvalue weighted by Gasteiger charge is 2.27. The van der Waals surface area contributed by atoms with E-state index in [-0.39, 0.29) is 5.56 Å². The van der Waals surface area contributed by atoms with Crippen molar-refractivity contribution in [3.63, 3.8) is 0 Å². The molecular formula is C19H20N6O. The first kappa shape index (κ1) is 16.4. The number of aromatic amines is 2. The number of H-pyrrole nitrogens is 2. The molecule has 26 heavy (non-hydrogen) atoms. The molecule has 1 aliphatic carbocycles. The van der Waals surface area contributed by atoms with Crippen molar-refractivity contribution < 1.29 is 0 Å². The normalized spacial score (nSPS) is 16.6. The first-order chi connectivity index (χ1) is 12.7. The monoisotopic (exact) mass is 348 g/mol. The van der Waals surface area contributed by atoms with Gasteiger partial charge in [-0.25, -0.2) is 4.98 Å². The van der Waals surface area contributed by atoms with Crippen LogP contribution in [0.15, 0.2) is 4.79 Å². The highest BCUT2D eigenvalue weighted by molar-refractivity contribution is 5.65. The number of pyridine rings is 1. The Balaban J connectivity index is 1.81. The molecule has 7 nitrogen and oxygen atoms in total. The largest absolute Gasteiger partial charge is 0.349 e. The molecular weight excluding hydrogens is 328 g/mol. The molecule has 1 aliphatic heterocycles. The summed E-state index contributed by atoms with van der Waals surface area (Å²) in [5, 5.41) is 25.0. The summed E-state index contributed by atoms with van der Waals surface area (Å²) in [7, 11) is 0. The fraction of sp³-hybridized carbons (Fsp3) is 0.474. The average Bonchev–Trinajstić information content (AvgIpc) is 3.01. The molecule has 7 heteroatoms. The molecule has 0 atom stereocenters. The molecule has 2 N–H and O–H groups in total. The van der Waals surface area contributed by atoms with Gasteiger partial charge in [-0.1, -0.05) is 12.8 Å². The summed E-state index contributed by atoms with van der Waals surface area (Å²) in [4.78, 5) is 18.6. The molecule has 2 aromatic heterocycles. The maximum absolute atomic E-state index is 11.8. The standard InChI is InChI=1S/C19H20N6O/c20-9-14-12-5-3-1-2-4-6-16(12)22-18(15(14)10-21)25-8-7-13-17(11-25)23-24-19(13)26/h1-8,11H2,(H2,23,24,26). The molecule has 2 aromatic rings. The van der Waals surface area contributed by atoms with Crippen LogP contribution in [0.4, 0.5) is 5.82 Å². The van der Waals surface area contributed by atoms with Gasteiger partial charge < -0.3 is 10.00 Å². The Labute approximate surface area is 151 Å². The zero-order valence-corrected chi connectivity index (χ0v) is 14.6. The highest BCUT2D eigenvalue weighted by Crippen LogP contribution is 2.31. The second-order valence-electron chi connectivity index (χ2n) is 6.96. The Bertz CT molecular complexity index is 987. The fourth-order valence-electron chi connectivity index (χ4n) is 4.06. The topological polar surface area (TPSA) is 112 Å². The third-order valence-electron chi connectivity index (χ3n) is 5.42. The molecule has 0 saturated heterocycles. The SMILES string of the molecule is N#Cc1c(N2CCc3c([nH][nH]c3=O)C2)nc2c(c1C#N)CCCCCC2. The number of nitriles is 2. The minimum atomic E-state index is -0.0796. The van der Waals surface area contributed by atoms with Crippen molar-refractivity contribution in [2.75, 3.05) is 11.4 Å². The van der Waals surface area contributed by atoms with E-state index in [1.54, 1.807) is 0 Å². The average molecular weight is 348 g/mol. The van der Waals surface area contributed by atoms with Crippen LogP contribution in [-0.4, -0.2) is 21.7 Å². The lowest BCUT2D eigenvalue weighted by molar-refractivity contribution is 0.605. The predicted octanol–water partition coefficient (Wildman–Crippen LogP) is 2.06. The summed E-state index contributed by atoms with van der Waals surface area (Å²) in [5.74, 6) is 0.580. The van der Waals surface area contributed by atoms with Crippen LogP contribution < -0.4 is 10.5 Å². The van der Waals surface area contributed by atoms with E-state index in [1.165, 1.54) is 6.42 Å². The molecule has 3 heterocycles. The zero-order valence-electron chi connectivity index (χ0n) is 14.6. The molecule has 2 aliphatic rings. The number of fused-ring (bicyclic) bond motifs is 2. The van der Waals surface area contributed by atoms with Crippen LogP contribution in [0.1, 0.15) is 59.3 Å². The fourth-order valence-corrected chi connectivity index (χ4v) is 4.06. The number of hydrogen-bond donors (Lipinski definition) is 2. The minimum absolute atomic E-state index is 0.0796. The summed E-state index contributed by atoms with van der Waals surface area (Å²) in [6.45, 7) is 1.10. The summed E-state index contributed by atoms with van der Waals surface area (Å²) >= 11 is 0.